The van der Waals surface area contributed by atoms with Crippen LogP contribution in [0.1, 0.15) is 113 Å². The Bertz CT molecular complexity index is 802. The van der Waals surface area contributed by atoms with Crippen molar-refractivity contribution in [3.05, 3.63) is 0 Å². The van der Waals surface area contributed by atoms with E-state index in [-0.39, 0.29) is 35.6 Å². The molecule has 3 N–H and O–H groups in total. The van der Waals surface area contributed by atoms with E-state index in [0.717, 1.165) is 38.5 Å². The fraction of sp³-hybridized carbons (Fsp3) is 1.00. The molecule has 4 heterocycles. The van der Waals surface area contributed by atoms with Crippen LogP contribution in [0, 0.1) is 0 Å². The predicted molar refractivity (Wildman–Crippen MR) is 146 cm³/mol. The minimum Gasteiger partial charge on any atom is -0.390 e. The Morgan fingerprint density at radius 2 is 1.49 bits per heavy atom. The van der Waals surface area contributed by atoms with Crippen LogP contribution in [0.4, 0.5) is 0 Å². The topological polar surface area (TPSA) is 97.6 Å². The van der Waals surface area contributed by atoms with Gasteiger partial charge in [0.15, 0.2) is 0 Å². The maximum atomic E-state index is 11.0. The second kappa shape index (κ2) is 10.6. The average molecular weight is 592 g/mol. The largest absolute Gasteiger partial charge is 0.390 e. The molecule has 4 saturated heterocycles. The summed E-state index contributed by atoms with van der Waals surface area (Å²) in [6, 6.07) is 0. The maximum absolute atomic E-state index is 11.0. The lowest BCUT2D eigenvalue weighted by Gasteiger charge is -2.55. The third-order valence-electron chi connectivity index (χ3n) is 9.84. The van der Waals surface area contributed by atoms with Gasteiger partial charge < -0.3 is 34.3 Å². The number of ether oxygens (including phenoxy) is 4. The number of fused-ring (bicyclic) bond motifs is 1. The Hall–Kier alpha value is 0.200. The van der Waals surface area contributed by atoms with Crippen molar-refractivity contribution in [2.75, 3.05) is 0 Å². The Balaban J connectivity index is 1.29. The molecule has 0 aromatic heterocycles. The molecule has 37 heavy (non-hydrogen) atoms. The molecule has 7 nitrogen and oxygen atoms in total. The highest BCUT2D eigenvalue weighted by atomic mass is 79.9. The summed E-state index contributed by atoms with van der Waals surface area (Å²) in [7, 11) is 0. The average Bonchev–Trinajstić information content (AvgIpc) is 3.22. The van der Waals surface area contributed by atoms with Gasteiger partial charge in [0.05, 0.1) is 64.6 Å². The Labute approximate surface area is 232 Å². The second-order valence-electron chi connectivity index (χ2n) is 14.0. The van der Waals surface area contributed by atoms with Crippen molar-refractivity contribution >= 4 is 15.9 Å². The van der Waals surface area contributed by atoms with Crippen molar-refractivity contribution in [2.24, 2.45) is 0 Å². The summed E-state index contributed by atoms with van der Waals surface area (Å²) in [5.74, 6) is 0. The molecule has 4 rings (SSSR count). The summed E-state index contributed by atoms with van der Waals surface area (Å²) >= 11 is 3.78. The predicted octanol–water partition coefficient (Wildman–Crippen LogP) is 4.79. The molecule has 0 unspecified atom stereocenters. The maximum Gasteiger partial charge on any atom is 0.0923 e. The van der Waals surface area contributed by atoms with Crippen LogP contribution < -0.4 is 0 Å². The summed E-state index contributed by atoms with van der Waals surface area (Å²) in [4.78, 5) is 0.339. The summed E-state index contributed by atoms with van der Waals surface area (Å²) in [6.07, 6.45) is 5.68. The highest BCUT2D eigenvalue weighted by molar-refractivity contribution is 9.09. The summed E-state index contributed by atoms with van der Waals surface area (Å²) in [6.45, 7) is 14.0. The third-order valence-corrected chi connectivity index (χ3v) is 11.4. The van der Waals surface area contributed by atoms with E-state index in [1.165, 1.54) is 0 Å². The van der Waals surface area contributed by atoms with E-state index in [0.29, 0.717) is 30.5 Å². The van der Waals surface area contributed by atoms with Crippen LogP contribution in [0.5, 0.6) is 0 Å². The quantitative estimate of drug-likeness (QED) is 0.366. The minimum absolute atomic E-state index is 0.0184. The fourth-order valence-electron chi connectivity index (χ4n) is 7.06. The monoisotopic (exact) mass is 590 g/mol. The van der Waals surface area contributed by atoms with Gasteiger partial charge in [-0.3, -0.25) is 0 Å². The minimum atomic E-state index is -0.937. The van der Waals surface area contributed by atoms with Crippen molar-refractivity contribution in [1.29, 1.82) is 0 Å². The molecule has 0 amide bonds. The number of alkyl halides is 1. The SMILES string of the molecule is CC(C)(O)[C@H]1CC[C@@](C)([C@H](O)CC[C@H](O)[C@H]2CC[C@H]3O[C@@H]([C@]4(C)CC[C@@H](Br)C(C)(C)O4)CC[C@]3(C)O2)O1. The second-order valence-corrected chi connectivity index (χ2v) is 15.1. The molecule has 0 saturated carbocycles. The van der Waals surface area contributed by atoms with Crippen molar-refractivity contribution in [3.8, 4) is 0 Å². The number of rotatable bonds is 7. The summed E-state index contributed by atoms with van der Waals surface area (Å²) < 4.78 is 25.9. The van der Waals surface area contributed by atoms with Crippen molar-refractivity contribution < 1.29 is 34.3 Å². The number of hydrogen-bond donors (Lipinski definition) is 3. The molecule has 216 valence electrons. The molecular weight excluding hydrogens is 540 g/mol. The lowest BCUT2D eigenvalue weighted by atomic mass is 9.76. The van der Waals surface area contributed by atoms with Crippen molar-refractivity contribution in [3.63, 3.8) is 0 Å². The van der Waals surface area contributed by atoms with Gasteiger partial charge in [0.1, 0.15) is 0 Å². The van der Waals surface area contributed by atoms with Crippen LogP contribution >= 0.6 is 15.9 Å². The zero-order valence-corrected chi connectivity index (χ0v) is 25.6. The fourth-order valence-corrected chi connectivity index (χ4v) is 7.39. The van der Waals surface area contributed by atoms with Crippen LogP contribution in [-0.4, -0.2) is 84.8 Å². The summed E-state index contributed by atoms with van der Waals surface area (Å²) in [5.41, 5.74) is -2.63. The van der Waals surface area contributed by atoms with Crippen molar-refractivity contribution in [1.82, 2.24) is 0 Å². The van der Waals surface area contributed by atoms with E-state index in [2.05, 4.69) is 43.6 Å². The Morgan fingerprint density at radius 1 is 0.838 bits per heavy atom. The molecule has 0 aromatic rings. The first-order chi connectivity index (χ1) is 17.0. The van der Waals surface area contributed by atoms with Crippen molar-refractivity contribution in [2.45, 2.75) is 182 Å². The smallest absolute Gasteiger partial charge is 0.0923 e. The lowest BCUT2D eigenvalue weighted by molar-refractivity contribution is -0.294. The van der Waals surface area contributed by atoms with E-state index in [9.17, 15) is 15.3 Å². The molecule has 10 atom stereocenters. The number of aliphatic hydroxyl groups is 3. The van der Waals surface area contributed by atoms with Crippen LogP contribution in [0.2, 0.25) is 0 Å². The molecule has 8 heteroatoms. The van der Waals surface area contributed by atoms with Gasteiger partial charge in [-0.1, -0.05) is 15.9 Å². The Morgan fingerprint density at radius 3 is 2.11 bits per heavy atom. The molecular formula is C29H51BrO7. The van der Waals surface area contributed by atoms with E-state index < -0.39 is 29.0 Å². The molecule has 4 aliphatic heterocycles. The zero-order chi connectivity index (χ0) is 27.4. The highest BCUT2D eigenvalue weighted by Crippen LogP contribution is 2.48. The van der Waals surface area contributed by atoms with Gasteiger partial charge in [0.2, 0.25) is 0 Å². The van der Waals surface area contributed by atoms with Gasteiger partial charge in [0, 0.05) is 4.83 Å². The van der Waals surface area contributed by atoms with Crippen LogP contribution in [-0.2, 0) is 18.9 Å². The van der Waals surface area contributed by atoms with Gasteiger partial charge in [-0.15, -0.1) is 0 Å². The first kappa shape index (κ1) is 30.2. The number of aliphatic hydroxyl groups excluding tert-OH is 2. The first-order valence-electron chi connectivity index (χ1n) is 14.4. The molecule has 0 bridgehead atoms. The van der Waals surface area contributed by atoms with Crippen LogP contribution in [0.3, 0.4) is 0 Å². The van der Waals surface area contributed by atoms with Crippen LogP contribution in [0.25, 0.3) is 0 Å². The Kier molecular flexibility index (Phi) is 8.60. The van der Waals surface area contributed by atoms with Crippen LogP contribution in [0.15, 0.2) is 0 Å². The third kappa shape index (κ3) is 6.27. The van der Waals surface area contributed by atoms with Gasteiger partial charge in [-0.2, -0.15) is 0 Å². The molecule has 4 aliphatic rings. The lowest BCUT2D eigenvalue weighted by Crippen LogP contribution is -2.62. The first-order valence-corrected chi connectivity index (χ1v) is 15.3. The number of hydrogen-bond acceptors (Lipinski definition) is 7. The number of halogens is 1. The van der Waals surface area contributed by atoms with Gasteiger partial charge >= 0.3 is 0 Å². The van der Waals surface area contributed by atoms with E-state index >= 15 is 0 Å². The molecule has 0 radical (unpaired) electrons. The molecule has 0 aromatic carbocycles. The standard InChI is InChI=1S/C29H51BrO7/c1-25(2,33)22-13-16-27(5,36-22)21(32)10-8-18(31)19-9-11-23-28(6,35-19)17-14-24(34-23)29(7)15-12-20(30)26(3,4)37-29/h18-24,31-33H,8-17H2,1-7H3/t18-,19+,20+,21+,22+,23+,24+,27-,28-,29-/m0/s1. The normalized spacial score (nSPS) is 46.3. The van der Waals surface area contributed by atoms with E-state index in [1.807, 2.05) is 6.92 Å². The zero-order valence-electron chi connectivity index (χ0n) is 24.0. The van der Waals surface area contributed by atoms with Gasteiger partial charge in [0.25, 0.3) is 0 Å². The van der Waals surface area contributed by atoms with Gasteiger partial charge in [-0.25, -0.2) is 0 Å². The molecule has 0 spiro atoms. The molecule has 0 aliphatic carbocycles. The van der Waals surface area contributed by atoms with E-state index in [4.69, 9.17) is 18.9 Å². The van der Waals surface area contributed by atoms with E-state index in [1.54, 1.807) is 13.8 Å². The highest BCUT2D eigenvalue weighted by Gasteiger charge is 2.54. The summed E-state index contributed by atoms with van der Waals surface area (Å²) in [5, 5.41) is 32.2. The van der Waals surface area contributed by atoms with Gasteiger partial charge in [-0.05, 0) is 113 Å². The molecule has 4 fully saturated rings.